The van der Waals surface area contributed by atoms with E-state index in [-0.39, 0.29) is 5.41 Å². The minimum atomic E-state index is -0.277. The highest BCUT2D eigenvalue weighted by molar-refractivity contribution is 5.95. The fourth-order valence-corrected chi connectivity index (χ4v) is 6.98. The number of hydrogen-bond acceptors (Lipinski definition) is 0. The summed E-state index contributed by atoms with van der Waals surface area (Å²) in [5, 5.41) is 0. The van der Waals surface area contributed by atoms with Crippen LogP contribution in [-0.4, -0.2) is 0 Å². The lowest BCUT2D eigenvalue weighted by Crippen LogP contribution is -2.26. The van der Waals surface area contributed by atoms with Gasteiger partial charge in [-0.15, -0.1) is 0 Å². The molecule has 0 atom stereocenters. The van der Waals surface area contributed by atoms with Gasteiger partial charge < -0.3 is 0 Å². The maximum atomic E-state index is 2.49. The molecule has 0 nitrogen and oxygen atoms in total. The smallest absolute Gasteiger partial charge is 0.0622 e. The highest BCUT2D eigenvalue weighted by atomic mass is 14.5. The Morgan fingerprint density at radius 3 is 1.47 bits per heavy atom. The first-order chi connectivity index (χ1) is 18.8. The maximum Gasteiger partial charge on any atom is 0.0725 e. The Hall–Kier alpha value is -4.68. The molecule has 6 aromatic carbocycles. The first-order valence-corrected chi connectivity index (χ1v) is 13.4. The van der Waals surface area contributed by atoms with E-state index in [1.54, 1.807) is 0 Å². The van der Waals surface area contributed by atoms with E-state index in [0.717, 1.165) is 6.42 Å². The lowest BCUT2D eigenvalue weighted by molar-refractivity contribution is 0.792. The summed E-state index contributed by atoms with van der Waals surface area (Å²) >= 11 is 0. The van der Waals surface area contributed by atoms with Gasteiger partial charge in [-0.25, -0.2) is 0 Å². The largest absolute Gasteiger partial charge is 0.0725 e. The molecule has 0 radical (unpaired) electrons. The lowest BCUT2D eigenvalue weighted by atomic mass is 9.70. The second kappa shape index (κ2) is 8.16. The van der Waals surface area contributed by atoms with Gasteiger partial charge in [-0.1, -0.05) is 146 Å². The van der Waals surface area contributed by atoms with Crippen molar-refractivity contribution < 1.29 is 0 Å². The molecule has 1 spiro atoms. The zero-order valence-electron chi connectivity index (χ0n) is 21.1. The molecule has 178 valence electrons. The average molecular weight is 483 g/mol. The quantitative estimate of drug-likeness (QED) is 0.235. The third-order valence-electron chi connectivity index (χ3n) is 8.50. The predicted molar refractivity (Wildman–Crippen MR) is 157 cm³/mol. The zero-order valence-corrected chi connectivity index (χ0v) is 21.1. The Morgan fingerprint density at radius 1 is 0.342 bits per heavy atom. The molecule has 0 saturated heterocycles. The molecule has 0 fully saturated rings. The van der Waals surface area contributed by atoms with Gasteiger partial charge in [-0.05, 0) is 73.2 Å². The second-order valence-electron chi connectivity index (χ2n) is 10.5. The van der Waals surface area contributed by atoms with E-state index in [1.807, 2.05) is 0 Å². The molecule has 0 bridgehead atoms. The summed E-state index contributed by atoms with van der Waals surface area (Å²) in [6.07, 6.45) is 0.906. The molecule has 8 rings (SSSR count). The molecule has 0 unspecified atom stereocenters. The Morgan fingerprint density at radius 2 is 0.842 bits per heavy atom. The van der Waals surface area contributed by atoms with E-state index in [2.05, 4.69) is 146 Å². The topological polar surface area (TPSA) is 0 Å². The molecule has 2 aliphatic carbocycles. The van der Waals surface area contributed by atoms with E-state index in [0.29, 0.717) is 0 Å². The van der Waals surface area contributed by atoms with Crippen LogP contribution in [0.5, 0.6) is 0 Å². The summed E-state index contributed by atoms with van der Waals surface area (Å²) in [6, 6.07) is 53.9. The Labute approximate surface area is 223 Å². The van der Waals surface area contributed by atoms with Crippen molar-refractivity contribution in [1.82, 2.24) is 0 Å². The Balaban J connectivity index is 1.32. The van der Waals surface area contributed by atoms with Gasteiger partial charge in [0.2, 0.25) is 0 Å². The van der Waals surface area contributed by atoms with Crippen LogP contribution in [0.15, 0.2) is 146 Å². The monoisotopic (exact) mass is 482 g/mol. The highest BCUT2D eigenvalue weighted by Gasteiger charge is 2.51. The van der Waals surface area contributed by atoms with Crippen LogP contribution < -0.4 is 0 Å². The standard InChI is InChI=1S/C38H26/c1-2-12-28(13-3-1)29-14-10-11-26(24-29)23-27-21-22-33-32-17-6-9-20-36(32)38(37(33)25-27)34-18-7-4-15-30(34)31-16-5-8-19-35(31)38/h1-22,24-25H,23H2. The summed E-state index contributed by atoms with van der Waals surface area (Å²) in [4.78, 5) is 0. The van der Waals surface area contributed by atoms with Crippen LogP contribution in [0.25, 0.3) is 33.4 Å². The lowest BCUT2D eigenvalue weighted by Gasteiger charge is -2.30. The van der Waals surface area contributed by atoms with Crippen LogP contribution >= 0.6 is 0 Å². The number of fused-ring (bicyclic) bond motifs is 10. The van der Waals surface area contributed by atoms with Gasteiger partial charge >= 0.3 is 0 Å². The SMILES string of the molecule is c1ccc(-c2cccc(Cc3ccc4c(c3)C3(c5ccccc5-c5ccccc53)c3ccccc3-4)c2)cc1. The van der Waals surface area contributed by atoms with E-state index in [1.165, 1.54) is 66.8 Å². The molecule has 0 heterocycles. The molecule has 2 aliphatic rings. The Kier molecular flexibility index (Phi) is 4.60. The normalized spacial score (nSPS) is 13.6. The zero-order chi connectivity index (χ0) is 25.1. The molecular formula is C38H26. The fourth-order valence-electron chi connectivity index (χ4n) is 6.98. The minimum absolute atomic E-state index is 0.277. The van der Waals surface area contributed by atoms with Crippen molar-refractivity contribution in [2.75, 3.05) is 0 Å². The van der Waals surface area contributed by atoms with Crippen molar-refractivity contribution in [2.45, 2.75) is 11.8 Å². The first-order valence-electron chi connectivity index (χ1n) is 13.4. The molecule has 0 heteroatoms. The molecule has 38 heavy (non-hydrogen) atoms. The third-order valence-corrected chi connectivity index (χ3v) is 8.50. The second-order valence-corrected chi connectivity index (χ2v) is 10.5. The summed E-state index contributed by atoms with van der Waals surface area (Å²) in [6.45, 7) is 0. The van der Waals surface area contributed by atoms with Gasteiger partial charge in [-0.3, -0.25) is 0 Å². The first kappa shape index (κ1) is 21.4. The number of rotatable bonds is 3. The van der Waals surface area contributed by atoms with Gasteiger partial charge in [0.05, 0.1) is 5.41 Å². The van der Waals surface area contributed by atoms with Crippen LogP contribution in [0.3, 0.4) is 0 Å². The van der Waals surface area contributed by atoms with Crippen LogP contribution in [0, 0.1) is 0 Å². The fraction of sp³-hybridized carbons (Fsp3) is 0.0526. The Bertz CT molecular complexity index is 1780. The number of benzene rings is 6. The molecule has 0 saturated carbocycles. The molecule has 0 aliphatic heterocycles. The van der Waals surface area contributed by atoms with E-state index in [4.69, 9.17) is 0 Å². The van der Waals surface area contributed by atoms with Crippen molar-refractivity contribution >= 4 is 0 Å². The molecule has 0 amide bonds. The van der Waals surface area contributed by atoms with Crippen molar-refractivity contribution in [3.8, 4) is 33.4 Å². The highest BCUT2D eigenvalue weighted by Crippen LogP contribution is 2.62. The maximum absolute atomic E-state index is 2.49. The summed E-state index contributed by atoms with van der Waals surface area (Å²) in [5.74, 6) is 0. The van der Waals surface area contributed by atoms with Crippen LogP contribution in [0.4, 0.5) is 0 Å². The van der Waals surface area contributed by atoms with Gasteiger partial charge in [-0.2, -0.15) is 0 Å². The number of hydrogen-bond donors (Lipinski definition) is 0. The van der Waals surface area contributed by atoms with Gasteiger partial charge in [0.15, 0.2) is 0 Å². The van der Waals surface area contributed by atoms with E-state index < -0.39 is 0 Å². The van der Waals surface area contributed by atoms with Crippen LogP contribution in [0.1, 0.15) is 33.4 Å². The van der Waals surface area contributed by atoms with Gasteiger partial charge in [0.25, 0.3) is 0 Å². The van der Waals surface area contributed by atoms with E-state index in [9.17, 15) is 0 Å². The third kappa shape index (κ3) is 2.92. The minimum Gasteiger partial charge on any atom is -0.0622 e. The van der Waals surface area contributed by atoms with Gasteiger partial charge in [0, 0.05) is 0 Å². The van der Waals surface area contributed by atoms with Crippen molar-refractivity contribution in [3.05, 3.63) is 179 Å². The molecule has 0 N–H and O–H groups in total. The van der Waals surface area contributed by atoms with E-state index >= 15 is 0 Å². The average Bonchev–Trinajstić information content (AvgIpc) is 3.45. The van der Waals surface area contributed by atoms with Crippen molar-refractivity contribution in [2.24, 2.45) is 0 Å². The van der Waals surface area contributed by atoms with Crippen LogP contribution in [-0.2, 0) is 11.8 Å². The van der Waals surface area contributed by atoms with Gasteiger partial charge in [0.1, 0.15) is 0 Å². The molecule has 6 aromatic rings. The summed E-state index contributed by atoms with van der Waals surface area (Å²) < 4.78 is 0. The predicted octanol–water partition coefficient (Wildman–Crippen LogP) is 9.29. The summed E-state index contributed by atoms with van der Waals surface area (Å²) in [7, 11) is 0. The van der Waals surface area contributed by atoms with Crippen molar-refractivity contribution in [1.29, 1.82) is 0 Å². The van der Waals surface area contributed by atoms with Crippen molar-refractivity contribution in [3.63, 3.8) is 0 Å². The summed E-state index contributed by atoms with van der Waals surface area (Å²) in [5.41, 5.74) is 16.0. The molecule has 0 aromatic heterocycles. The van der Waals surface area contributed by atoms with Crippen LogP contribution in [0.2, 0.25) is 0 Å². The molecular weight excluding hydrogens is 456 g/mol.